The molecule has 0 saturated heterocycles. The molecule has 1 unspecified atom stereocenters. The Bertz CT molecular complexity index is 595. The van der Waals surface area contributed by atoms with E-state index in [4.69, 9.17) is 4.74 Å². The molecule has 0 aliphatic carbocycles. The smallest absolute Gasteiger partial charge is 0.261 e. The SMILES string of the molecule is COC(C)Cn1cnc2cc(Br)ccc2c1=O. The second-order valence-corrected chi connectivity index (χ2v) is 4.83. The van der Waals surface area contributed by atoms with Gasteiger partial charge in [-0.25, -0.2) is 4.98 Å². The lowest BCUT2D eigenvalue weighted by Crippen LogP contribution is -2.26. The molecule has 90 valence electrons. The predicted molar refractivity (Wildman–Crippen MR) is 70.2 cm³/mol. The van der Waals surface area contributed by atoms with Crippen molar-refractivity contribution in [1.29, 1.82) is 0 Å². The fraction of sp³-hybridized carbons (Fsp3) is 0.333. The Morgan fingerprint density at radius 3 is 3.00 bits per heavy atom. The summed E-state index contributed by atoms with van der Waals surface area (Å²) in [5, 5.41) is 0.624. The number of methoxy groups -OCH3 is 1. The molecule has 5 heteroatoms. The Labute approximate surface area is 107 Å². The number of nitrogens with zero attached hydrogens (tertiary/aromatic N) is 2. The number of hydrogen-bond donors (Lipinski definition) is 0. The molecule has 0 fully saturated rings. The van der Waals surface area contributed by atoms with E-state index in [9.17, 15) is 4.79 Å². The highest BCUT2D eigenvalue weighted by atomic mass is 79.9. The van der Waals surface area contributed by atoms with Gasteiger partial charge in [0.05, 0.1) is 29.9 Å². The topological polar surface area (TPSA) is 44.1 Å². The van der Waals surface area contributed by atoms with Crippen molar-refractivity contribution in [2.75, 3.05) is 7.11 Å². The second kappa shape index (κ2) is 4.98. The highest BCUT2D eigenvalue weighted by Crippen LogP contribution is 2.14. The fourth-order valence-corrected chi connectivity index (χ4v) is 1.96. The quantitative estimate of drug-likeness (QED) is 0.872. The molecule has 2 aromatic rings. The zero-order chi connectivity index (χ0) is 12.4. The van der Waals surface area contributed by atoms with Crippen LogP contribution in [0.15, 0.2) is 33.8 Å². The van der Waals surface area contributed by atoms with Gasteiger partial charge in [-0.1, -0.05) is 15.9 Å². The summed E-state index contributed by atoms with van der Waals surface area (Å²) in [6.45, 7) is 2.42. The number of hydrogen-bond acceptors (Lipinski definition) is 3. The third kappa shape index (κ3) is 2.56. The standard InChI is InChI=1S/C12H13BrN2O2/c1-8(17-2)6-15-7-14-11-5-9(13)3-4-10(11)12(15)16/h3-5,7-8H,6H2,1-2H3. The summed E-state index contributed by atoms with van der Waals surface area (Å²) < 4.78 is 7.64. The molecular formula is C12H13BrN2O2. The number of halogens is 1. The van der Waals surface area contributed by atoms with Gasteiger partial charge in [-0.3, -0.25) is 9.36 Å². The van der Waals surface area contributed by atoms with Crippen molar-refractivity contribution in [3.05, 3.63) is 39.4 Å². The molecule has 0 spiro atoms. The number of rotatable bonds is 3. The van der Waals surface area contributed by atoms with E-state index in [1.54, 1.807) is 24.1 Å². The maximum atomic E-state index is 12.1. The maximum Gasteiger partial charge on any atom is 0.261 e. The Hall–Kier alpha value is -1.20. The van der Waals surface area contributed by atoms with E-state index in [1.807, 2.05) is 19.1 Å². The van der Waals surface area contributed by atoms with Gasteiger partial charge in [0.25, 0.3) is 5.56 Å². The Morgan fingerprint density at radius 1 is 1.53 bits per heavy atom. The Morgan fingerprint density at radius 2 is 2.29 bits per heavy atom. The van der Waals surface area contributed by atoms with Crippen LogP contribution in [0, 0.1) is 0 Å². The lowest BCUT2D eigenvalue weighted by Gasteiger charge is -2.11. The van der Waals surface area contributed by atoms with Crippen molar-refractivity contribution in [2.24, 2.45) is 0 Å². The van der Waals surface area contributed by atoms with E-state index in [2.05, 4.69) is 20.9 Å². The molecule has 17 heavy (non-hydrogen) atoms. The molecule has 0 bridgehead atoms. The van der Waals surface area contributed by atoms with Crippen LogP contribution in [0.25, 0.3) is 10.9 Å². The number of benzene rings is 1. The van der Waals surface area contributed by atoms with Crippen molar-refractivity contribution >= 4 is 26.8 Å². The van der Waals surface area contributed by atoms with E-state index in [0.717, 1.165) is 4.47 Å². The number of aromatic nitrogens is 2. The van der Waals surface area contributed by atoms with E-state index in [-0.39, 0.29) is 11.7 Å². The molecule has 4 nitrogen and oxygen atoms in total. The van der Waals surface area contributed by atoms with Gasteiger partial charge in [-0.05, 0) is 25.1 Å². The minimum absolute atomic E-state index is 0.0117. The molecule has 0 aliphatic heterocycles. The van der Waals surface area contributed by atoms with Crippen LogP contribution in [0.5, 0.6) is 0 Å². The third-order valence-corrected chi connectivity index (χ3v) is 3.14. The maximum absolute atomic E-state index is 12.1. The summed E-state index contributed by atoms with van der Waals surface area (Å²) in [4.78, 5) is 16.4. The predicted octanol–water partition coefficient (Wildman–Crippen LogP) is 2.19. The molecular weight excluding hydrogens is 284 g/mol. The van der Waals surface area contributed by atoms with Gasteiger partial charge in [-0.15, -0.1) is 0 Å². The van der Waals surface area contributed by atoms with Crippen LogP contribution in [0.3, 0.4) is 0 Å². The highest BCUT2D eigenvalue weighted by Gasteiger charge is 2.07. The average molecular weight is 297 g/mol. The van der Waals surface area contributed by atoms with Gasteiger partial charge < -0.3 is 4.74 Å². The van der Waals surface area contributed by atoms with Crippen molar-refractivity contribution < 1.29 is 4.74 Å². The first-order chi connectivity index (χ1) is 8.11. The van der Waals surface area contributed by atoms with Crippen LogP contribution < -0.4 is 5.56 Å². The summed E-state index contributed by atoms with van der Waals surface area (Å²) in [6.07, 6.45) is 1.55. The summed E-state index contributed by atoms with van der Waals surface area (Å²) in [7, 11) is 1.63. The molecule has 0 N–H and O–H groups in total. The van der Waals surface area contributed by atoms with Gasteiger partial charge in [0, 0.05) is 11.6 Å². The first-order valence-electron chi connectivity index (χ1n) is 5.29. The highest BCUT2D eigenvalue weighted by molar-refractivity contribution is 9.10. The lowest BCUT2D eigenvalue weighted by atomic mass is 10.2. The van der Waals surface area contributed by atoms with Crippen molar-refractivity contribution in [2.45, 2.75) is 19.6 Å². The van der Waals surface area contributed by atoms with Crippen LogP contribution in [-0.4, -0.2) is 22.8 Å². The summed E-state index contributed by atoms with van der Waals surface area (Å²) >= 11 is 3.36. The van der Waals surface area contributed by atoms with Crippen LogP contribution in [0.1, 0.15) is 6.92 Å². The molecule has 1 aromatic heterocycles. The van der Waals surface area contributed by atoms with Crippen molar-refractivity contribution in [3.63, 3.8) is 0 Å². The zero-order valence-corrected chi connectivity index (χ0v) is 11.3. The van der Waals surface area contributed by atoms with Gasteiger partial charge >= 0.3 is 0 Å². The minimum atomic E-state index is -0.0357. The summed E-state index contributed by atoms with van der Waals surface area (Å²) in [5.74, 6) is 0. The molecule has 0 amide bonds. The molecule has 2 rings (SSSR count). The van der Waals surface area contributed by atoms with Crippen LogP contribution in [-0.2, 0) is 11.3 Å². The Kier molecular flexibility index (Phi) is 3.59. The van der Waals surface area contributed by atoms with E-state index in [0.29, 0.717) is 17.4 Å². The second-order valence-electron chi connectivity index (χ2n) is 3.91. The Balaban J connectivity index is 2.51. The van der Waals surface area contributed by atoms with E-state index in [1.165, 1.54) is 0 Å². The molecule has 1 atom stereocenters. The van der Waals surface area contributed by atoms with Gasteiger partial charge in [0.15, 0.2) is 0 Å². The molecule has 1 heterocycles. The lowest BCUT2D eigenvalue weighted by molar-refractivity contribution is 0.102. The first kappa shape index (κ1) is 12.3. The normalized spacial score (nSPS) is 12.9. The van der Waals surface area contributed by atoms with Gasteiger partial charge in [0.1, 0.15) is 0 Å². The molecule has 1 aromatic carbocycles. The molecule has 0 saturated carbocycles. The third-order valence-electron chi connectivity index (χ3n) is 2.64. The minimum Gasteiger partial charge on any atom is -0.380 e. The summed E-state index contributed by atoms with van der Waals surface area (Å²) in [6, 6.07) is 5.46. The van der Waals surface area contributed by atoms with Crippen molar-refractivity contribution in [1.82, 2.24) is 9.55 Å². The summed E-state index contributed by atoms with van der Waals surface area (Å²) in [5.41, 5.74) is 0.664. The monoisotopic (exact) mass is 296 g/mol. The fourth-order valence-electron chi connectivity index (χ4n) is 1.61. The molecule has 0 aliphatic rings. The van der Waals surface area contributed by atoms with Crippen LogP contribution >= 0.6 is 15.9 Å². The number of fused-ring (bicyclic) bond motifs is 1. The van der Waals surface area contributed by atoms with E-state index < -0.39 is 0 Å². The van der Waals surface area contributed by atoms with Gasteiger partial charge in [-0.2, -0.15) is 0 Å². The van der Waals surface area contributed by atoms with Gasteiger partial charge in [0.2, 0.25) is 0 Å². The zero-order valence-electron chi connectivity index (χ0n) is 9.68. The van der Waals surface area contributed by atoms with Crippen LogP contribution in [0.2, 0.25) is 0 Å². The first-order valence-corrected chi connectivity index (χ1v) is 6.08. The van der Waals surface area contributed by atoms with E-state index >= 15 is 0 Å². The van der Waals surface area contributed by atoms with Crippen molar-refractivity contribution in [3.8, 4) is 0 Å². The molecule has 0 radical (unpaired) electrons. The van der Waals surface area contributed by atoms with Crippen LogP contribution in [0.4, 0.5) is 0 Å². The average Bonchev–Trinajstić information content (AvgIpc) is 2.32. The number of ether oxygens (including phenoxy) is 1. The largest absolute Gasteiger partial charge is 0.380 e.